The molecule has 0 aliphatic rings. The van der Waals surface area contributed by atoms with E-state index in [1.54, 1.807) is 0 Å². The lowest BCUT2D eigenvalue weighted by Gasteiger charge is -2.16. The van der Waals surface area contributed by atoms with E-state index in [4.69, 9.17) is 0 Å². The van der Waals surface area contributed by atoms with Crippen LogP contribution in [-0.4, -0.2) is 43.1 Å². The van der Waals surface area contributed by atoms with Gasteiger partial charge < -0.3 is 10.2 Å². The molecule has 0 radical (unpaired) electrons. The Bertz CT molecular complexity index is 456. The number of pyridine rings is 1. The molecule has 1 N–H and O–H groups in total. The summed E-state index contributed by atoms with van der Waals surface area (Å²) in [5.41, 5.74) is 1.17. The zero-order valence-corrected chi connectivity index (χ0v) is 12.9. The highest BCUT2D eigenvalue weighted by atomic mass is 32.1. The maximum absolute atomic E-state index is 4.35. The lowest BCUT2D eigenvalue weighted by molar-refractivity contribution is 0.335. The molecule has 0 amide bonds. The van der Waals surface area contributed by atoms with Crippen molar-refractivity contribution < 1.29 is 0 Å². The Morgan fingerprint density at radius 3 is 2.80 bits per heavy atom. The molecule has 0 aliphatic heterocycles. The van der Waals surface area contributed by atoms with E-state index in [0.717, 1.165) is 39.0 Å². The SMILES string of the molecule is CN(CCNCCc1cccs1)CCc1ccccn1. The Hall–Kier alpha value is -1.23. The van der Waals surface area contributed by atoms with E-state index in [0.29, 0.717) is 0 Å². The first-order valence-electron chi connectivity index (χ1n) is 7.16. The second kappa shape index (κ2) is 8.84. The molecule has 0 aromatic carbocycles. The van der Waals surface area contributed by atoms with Crippen molar-refractivity contribution >= 4 is 11.3 Å². The summed E-state index contributed by atoms with van der Waals surface area (Å²) in [5.74, 6) is 0. The van der Waals surface area contributed by atoms with Gasteiger partial charge in [-0.15, -0.1) is 11.3 Å². The number of hydrogen-bond acceptors (Lipinski definition) is 4. The topological polar surface area (TPSA) is 28.2 Å². The average molecular weight is 289 g/mol. The predicted octanol–water partition coefficient (Wildman–Crippen LogP) is 2.45. The summed E-state index contributed by atoms with van der Waals surface area (Å²) < 4.78 is 0. The third-order valence-corrected chi connectivity index (χ3v) is 4.21. The molecule has 4 heteroatoms. The van der Waals surface area contributed by atoms with E-state index in [1.807, 2.05) is 23.6 Å². The Morgan fingerprint density at radius 2 is 2.05 bits per heavy atom. The van der Waals surface area contributed by atoms with Gasteiger partial charge in [-0.3, -0.25) is 4.98 Å². The molecule has 2 rings (SSSR count). The van der Waals surface area contributed by atoms with Gasteiger partial charge in [-0.05, 0) is 37.0 Å². The van der Waals surface area contributed by atoms with Crippen LogP contribution in [-0.2, 0) is 12.8 Å². The summed E-state index contributed by atoms with van der Waals surface area (Å²) in [7, 11) is 2.17. The highest BCUT2D eigenvalue weighted by Gasteiger charge is 2.00. The van der Waals surface area contributed by atoms with Crippen molar-refractivity contribution in [3.05, 3.63) is 52.5 Å². The third kappa shape index (κ3) is 5.82. The number of likely N-dealkylation sites (N-methyl/N-ethyl adjacent to an activating group) is 1. The van der Waals surface area contributed by atoms with Gasteiger partial charge in [-0.1, -0.05) is 12.1 Å². The number of nitrogens with zero attached hydrogens (tertiary/aromatic N) is 2. The Balaban J connectivity index is 1.51. The summed E-state index contributed by atoms with van der Waals surface area (Å²) in [6.45, 7) is 4.25. The van der Waals surface area contributed by atoms with Gasteiger partial charge in [0.1, 0.15) is 0 Å². The van der Waals surface area contributed by atoms with Gasteiger partial charge in [0.25, 0.3) is 0 Å². The summed E-state index contributed by atoms with van der Waals surface area (Å²) in [4.78, 5) is 8.16. The van der Waals surface area contributed by atoms with Crippen molar-refractivity contribution in [3.8, 4) is 0 Å². The van der Waals surface area contributed by atoms with Crippen LogP contribution in [0.25, 0.3) is 0 Å². The minimum absolute atomic E-state index is 1.02. The second-order valence-electron chi connectivity index (χ2n) is 4.95. The van der Waals surface area contributed by atoms with Crippen molar-refractivity contribution in [2.45, 2.75) is 12.8 Å². The van der Waals surface area contributed by atoms with Crippen LogP contribution in [0.15, 0.2) is 41.9 Å². The summed E-state index contributed by atoms with van der Waals surface area (Å²) in [5, 5.41) is 5.64. The van der Waals surface area contributed by atoms with Crippen LogP contribution in [0, 0.1) is 0 Å². The summed E-state index contributed by atoms with van der Waals surface area (Å²) in [6, 6.07) is 10.4. The molecular formula is C16H23N3S. The van der Waals surface area contributed by atoms with E-state index in [1.165, 1.54) is 10.6 Å². The van der Waals surface area contributed by atoms with E-state index in [-0.39, 0.29) is 0 Å². The van der Waals surface area contributed by atoms with E-state index in [2.05, 4.69) is 51.9 Å². The van der Waals surface area contributed by atoms with Gasteiger partial charge in [0.05, 0.1) is 0 Å². The zero-order chi connectivity index (χ0) is 14.0. The molecule has 108 valence electrons. The lowest BCUT2D eigenvalue weighted by Crippen LogP contribution is -2.31. The average Bonchev–Trinajstić information content (AvgIpc) is 2.99. The zero-order valence-electron chi connectivity index (χ0n) is 12.1. The number of aromatic nitrogens is 1. The van der Waals surface area contributed by atoms with Crippen molar-refractivity contribution in [1.82, 2.24) is 15.2 Å². The monoisotopic (exact) mass is 289 g/mol. The highest BCUT2D eigenvalue weighted by molar-refractivity contribution is 7.09. The molecule has 0 fully saturated rings. The fourth-order valence-electron chi connectivity index (χ4n) is 2.02. The minimum Gasteiger partial charge on any atom is -0.315 e. The standard InChI is InChI=1S/C16H23N3S/c1-19(12-8-15-5-2-3-9-18-15)13-11-17-10-7-16-6-4-14-20-16/h2-6,9,14,17H,7-8,10-13H2,1H3. The molecule has 0 spiro atoms. The van der Waals surface area contributed by atoms with Crippen LogP contribution in [0.4, 0.5) is 0 Å². The predicted molar refractivity (Wildman–Crippen MR) is 86.3 cm³/mol. The van der Waals surface area contributed by atoms with E-state index < -0.39 is 0 Å². The van der Waals surface area contributed by atoms with Crippen LogP contribution >= 0.6 is 11.3 Å². The Morgan fingerprint density at radius 1 is 1.10 bits per heavy atom. The molecule has 0 atom stereocenters. The molecule has 0 saturated heterocycles. The van der Waals surface area contributed by atoms with E-state index in [9.17, 15) is 0 Å². The number of thiophene rings is 1. The smallest absolute Gasteiger partial charge is 0.0416 e. The van der Waals surface area contributed by atoms with Crippen LogP contribution < -0.4 is 5.32 Å². The highest BCUT2D eigenvalue weighted by Crippen LogP contribution is 2.07. The normalized spacial score (nSPS) is 11.1. The van der Waals surface area contributed by atoms with Gasteiger partial charge in [0.2, 0.25) is 0 Å². The van der Waals surface area contributed by atoms with E-state index >= 15 is 0 Å². The molecule has 0 bridgehead atoms. The molecule has 0 saturated carbocycles. The van der Waals surface area contributed by atoms with Crippen LogP contribution in [0.5, 0.6) is 0 Å². The minimum atomic E-state index is 1.02. The Kier molecular flexibility index (Phi) is 6.71. The molecule has 3 nitrogen and oxygen atoms in total. The molecular weight excluding hydrogens is 266 g/mol. The second-order valence-corrected chi connectivity index (χ2v) is 5.99. The first-order valence-corrected chi connectivity index (χ1v) is 8.04. The van der Waals surface area contributed by atoms with Gasteiger partial charge in [-0.2, -0.15) is 0 Å². The third-order valence-electron chi connectivity index (χ3n) is 3.27. The molecule has 2 heterocycles. The maximum atomic E-state index is 4.35. The first-order chi connectivity index (χ1) is 9.84. The number of hydrogen-bond donors (Lipinski definition) is 1. The maximum Gasteiger partial charge on any atom is 0.0416 e. The van der Waals surface area contributed by atoms with Crippen LogP contribution in [0.2, 0.25) is 0 Å². The quantitative estimate of drug-likeness (QED) is 0.719. The van der Waals surface area contributed by atoms with Crippen molar-refractivity contribution in [1.29, 1.82) is 0 Å². The number of rotatable bonds is 9. The van der Waals surface area contributed by atoms with Gasteiger partial charge in [0.15, 0.2) is 0 Å². The van der Waals surface area contributed by atoms with Crippen LogP contribution in [0.3, 0.4) is 0 Å². The summed E-state index contributed by atoms with van der Waals surface area (Å²) >= 11 is 1.84. The fourth-order valence-corrected chi connectivity index (χ4v) is 2.73. The molecule has 0 aliphatic carbocycles. The van der Waals surface area contributed by atoms with Gasteiger partial charge in [-0.25, -0.2) is 0 Å². The molecule has 0 unspecified atom stereocenters. The van der Waals surface area contributed by atoms with Crippen LogP contribution in [0.1, 0.15) is 10.6 Å². The first kappa shape index (κ1) is 15.2. The van der Waals surface area contributed by atoms with Gasteiger partial charge >= 0.3 is 0 Å². The molecule has 2 aromatic heterocycles. The molecule has 20 heavy (non-hydrogen) atoms. The van der Waals surface area contributed by atoms with Gasteiger partial charge in [0, 0.05) is 49.4 Å². The van der Waals surface area contributed by atoms with Crippen molar-refractivity contribution in [3.63, 3.8) is 0 Å². The lowest BCUT2D eigenvalue weighted by atomic mass is 10.2. The van der Waals surface area contributed by atoms with Crippen molar-refractivity contribution in [2.24, 2.45) is 0 Å². The summed E-state index contributed by atoms with van der Waals surface area (Å²) in [6.07, 6.45) is 4.02. The molecule has 2 aromatic rings. The fraction of sp³-hybridized carbons (Fsp3) is 0.438. The Labute approximate surface area is 125 Å². The number of nitrogens with one attached hydrogen (secondary N) is 1. The van der Waals surface area contributed by atoms with Crippen molar-refractivity contribution in [2.75, 3.05) is 33.2 Å². The largest absolute Gasteiger partial charge is 0.315 e.